The monoisotopic (exact) mass is 302 g/mol. The molecule has 1 amide bonds. The molecule has 20 heavy (non-hydrogen) atoms. The van der Waals surface area contributed by atoms with E-state index in [4.69, 9.17) is 22.7 Å². The van der Waals surface area contributed by atoms with Gasteiger partial charge in [-0.05, 0) is 26.7 Å². The molecule has 0 aromatic heterocycles. The molecule has 118 valence electrons. The summed E-state index contributed by atoms with van der Waals surface area (Å²) in [4.78, 5) is 15.1. The van der Waals surface area contributed by atoms with Crippen molar-refractivity contribution in [2.75, 3.05) is 26.3 Å². The van der Waals surface area contributed by atoms with Crippen LogP contribution in [-0.2, 0) is 9.53 Å². The van der Waals surface area contributed by atoms with Crippen molar-refractivity contribution in [3.8, 4) is 0 Å². The highest BCUT2D eigenvalue weighted by Gasteiger charge is 2.42. The molecular weight excluding hydrogens is 272 g/mol. The van der Waals surface area contributed by atoms with Crippen LogP contribution >= 0.6 is 12.2 Å². The van der Waals surface area contributed by atoms with Crippen LogP contribution in [0.1, 0.15) is 53.4 Å². The SMILES string of the molecule is CCCC(CCC)(C(=O)N(CC)CCOCC)C(N)=S. The summed E-state index contributed by atoms with van der Waals surface area (Å²) in [6.45, 7) is 10.5. The van der Waals surface area contributed by atoms with Crippen LogP contribution in [0, 0.1) is 5.41 Å². The highest BCUT2D eigenvalue weighted by Crippen LogP contribution is 2.33. The van der Waals surface area contributed by atoms with Gasteiger partial charge in [0.25, 0.3) is 0 Å². The van der Waals surface area contributed by atoms with E-state index in [2.05, 4.69) is 13.8 Å². The minimum absolute atomic E-state index is 0.0657. The Morgan fingerprint density at radius 1 is 1.20 bits per heavy atom. The van der Waals surface area contributed by atoms with Gasteiger partial charge in [-0.3, -0.25) is 4.79 Å². The van der Waals surface area contributed by atoms with Crippen molar-refractivity contribution < 1.29 is 9.53 Å². The zero-order chi connectivity index (χ0) is 15.6. The molecule has 0 bridgehead atoms. The Kier molecular flexibility index (Phi) is 9.76. The standard InChI is InChI=1S/C15H30N2O2S/c1-5-9-15(10-6-2,13(16)20)14(18)17(7-3)11-12-19-8-4/h5-12H2,1-4H3,(H2,16,20). The molecule has 0 aliphatic carbocycles. The lowest BCUT2D eigenvalue weighted by Crippen LogP contribution is -2.51. The van der Waals surface area contributed by atoms with E-state index < -0.39 is 5.41 Å². The van der Waals surface area contributed by atoms with Crippen LogP contribution < -0.4 is 5.73 Å². The van der Waals surface area contributed by atoms with Gasteiger partial charge in [-0.2, -0.15) is 0 Å². The van der Waals surface area contributed by atoms with Crippen LogP contribution in [0.25, 0.3) is 0 Å². The number of carbonyl (C=O) groups is 1. The summed E-state index contributed by atoms with van der Waals surface area (Å²) in [5, 5.41) is 0. The van der Waals surface area contributed by atoms with E-state index in [1.807, 2.05) is 18.7 Å². The van der Waals surface area contributed by atoms with E-state index in [1.165, 1.54) is 0 Å². The van der Waals surface area contributed by atoms with Gasteiger partial charge in [0.2, 0.25) is 5.91 Å². The van der Waals surface area contributed by atoms with Gasteiger partial charge in [0.15, 0.2) is 0 Å². The lowest BCUT2D eigenvalue weighted by atomic mass is 9.77. The Hall–Kier alpha value is -0.680. The lowest BCUT2D eigenvalue weighted by Gasteiger charge is -2.36. The molecule has 0 rings (SSSR count). The number of carbonyl (C=O) groups excluding carboxylic acids is 1. The number of nitrogens with two attached hydrogens (primary N) is 1. The Balaban J connectivity index is 5.10. The van der Waals surface area contributed by atoms with Gasteiger partial charge in [0.1, 0.15) is 0 Å². The molecule has 0 radical (unpaired) electrons. The van der Waals surface area contributed by atoms with Gasteiger partial charge in [-0.25, -0.2) is 0 Å². The summed E-state index contributed by atoms with van der Waals surface area (Å²) < 4.78 is 5.35. The minimum atomic E-state index is -0.680. The first-order valence-electron chi connectivity index (χ1n) is 7.67. The highest BCUT2D eigenvalue weighted by atomic mass is 32.1. The molecule has 0 spiro atoms. The van der Waals surface area contributed by atoms with Crippen molar-refractivity contribution in [2.45, 2.75) is 53.4 Å². The van der Waals surface area contributed by atoms with Crippen molar-refractivity contribution in [1.82, 2.24) is 4.90 Å². The normalized spacial score (nSPS) is 11.4. The number of hydrogen-bond acceptors (Lipinski definition) is 3. The average molecular weight is 302 g/mol. The van der Waals surface area contributed by atoms with Crippen LogP contribution in [0.4, 0.5) is 0 Å². The summed E-state index contributed by atoms with van der Waals surface area (Å²) in [6.07, 6.45) is 3.23. The highest BCUT2D eigenvalue weighted by molar-refractivity contribution is 7.80. The molecule has 4 nitrogen and oxygen atoms in total. The predicted molar refractivity (Wildman–Crippen MR) is 87.8 cm³/mol. The Morgan fingerprint density at radius 3 is 2.10 bits per heavy atom. The van der Waals surface area contributed by atoms with Gasteiger partial charge in [0.05, 0.1) is 17.0 Å². The zero-order valence-electron chi connectivity index (χ0n) is 13.4. The molecule has 0 aromatic rings. The number of likely N-dealkylation sites (N-methyl/N-ethyl adjacent to an activating group) is 1. The Labute approximate surface area is 129 Å². The second-order valence-corrected chi connectivity index (χ2v) is 5.47. The van der Waals surface area contributed by atoms with E-state index in [1.54, 1.807) is 0 Å². The third kappa shape index (κ3) is 5.02. The molecule has 2 N–H and O–H groups in total. The summed E-state index contributed by atoms with van der Waals surface area (Å²) in [7, 11) is 0. The first kappa shape index (κ1) is 19.3. The largest absolute Gasteiger partial charge is 0.392 e. The molecule has 0 aliphatic heterocycles. The predicted octanol–water partition coefficient (Wildman–Crippen LogP) is 2.74. The molecule has 0 fully saturated rings. The number of amides is 1. The molecule has 0 aromatic carbocycles. The van der Waals surface area contributed by atoms with Crippen molar-refractivity contribution in [3.63, 3.8) is 0 Å². The molecule has 0 atom stereocenters. The summed E-state index contributed by atoms with van der Waals surface area (Å²) in [5.41, 5.74) is 5.27. The summed E-state index contributed by atoms with van der Waals surface area (Å²) in [6, 6.07) is 0. The quantitative estimate of drug-likeness (QED) is 0.471. The van der Waals surface area contributed by atoms with Gasteiger partial charge in [-0.15, -0.1) is 0 Å². The fourth-order valence-corrected chi connectivity index (χ4v) is 2.86. The average Bonchev–Trinajstić information content (AvgIpc) is 2.42. The van der Waals surface area contributed by atoms with Crippen LogP contribution in [0.15, 0.2) is 0 Å². The maximum atomic E-state index is 12.9. The van der Waals surface area contributed by atoms with E-state index in [0.717, 1.165) is 25.7 Å². The van der Waals surface area contributed by atoms with Crippen molar-refractivity contribution in [2.24, 2.45) is 11.1 Å². The fraction of sp³-hybridized carbons (Fsp3) is 0.867. The second kappa shape index (κ2) is 10.1. The van der Waals surface area contributed by atoms with Gasteiger partial charge < -0.3 is 15.4 Å². The maximum absolute atomic E-state index is 12.9. The summed E-state index contributed by atoms with van der Waals surface area (Å²) in [5.74, 6) is 0.0657. The van der Waals surface area contributed by atoms with Gasteiger partial charge in [0, 0.05) is 19.7 Å². The number of hydrogen-bond donors (Lipinski definition) is 1. The third-order valence-corrected chi connectivity index (χ3v) is 4.00. The molecule has 0 saturated carbocycles. The van der Waals surface area contributed by atoms with Crippen molar-refractivity contribution in [3.05, 3.63) is 0 Å². The number of nitrogens with zero attached hydrogens (tertiary/aromatic N) is 1. The minimum Gasteiger partial charge on any atom is -0.392 e. The van der Waals surface area contributed by atoms with E-state index in [-0.39, 0.29) is 5.91 Å². The lowest BCUT2D eigenvalue weighted by molar-refractivity contribution is -0.139. The van der Waals surface area contributed by atoms with Crippen LogP contribution in [0.3, 0.4) is 0 Å². The second-order valence-electron chi connectivity index (χ2n) is 5.03. The van der Waals surface area contributed by atoms with Gasteiger partial charge >= 0.3 is 0 Å². The molecular formula is C15H30N2O2S. The van der Waals surface area contributed by atoms with E-state index >= 15 is 0 Å². The molecule has 0 heterocycles. The van der Waals surface area contributed by atoms with Crippen LogP contribution in [0.2, 0.25) is 0 Å². The zero-order valence-corrected chi connectivity index (χ0v) is 14.2. The van der Waals surface area contributed by atoms with E-state index in [9.17, 15) is 4.79 Å². The number of thiocarbonyl (C=S) groups is 1. The van der Waals surface area contributed by atoms with Crippen LogP contribution in [-0.4, -0.2) is 42.1 Å². The fourth-order valence-electron chi connectivity index (χ4n) is 2.57. The first-order chi connectivity index (χ1) is 9.49. The summed E-state index contributed by atoms with van der Waals surface area (Å²) >= 11 is 5.24. The molecule has 0 saturated heterocycles. The number of ether oxygens (including phenoxy) is 1. The van der Waals surface area contributed by atoms with Gasteiger partial charge in [-0.1, -0.05) is 38.9 Å². The molecule has 0 aliphatic rings. The Morgan fingerprint density at radius 2 is 1.75 bits per heavy atom. The maximum Gasteiger partial charge on any atom is 0.235 e. The van der Waals surface area contributed by atoms with Crippen molar-refractivity contribution in [1.29, 1.82) is 0 Å². The first-order valence-corrected chi connectivity index (χ1v) is 8.07. The van der Waals surface area contributed by atoms with E-state index in [0.29, 0.717) is 31.3 Å². The smallest absolute Gasteiger partial charge is 0.235 e. The van der Waals surface area contributed by atoms with Crippen LogP contribution in [0.5, 0.6) is 0 Å². The Bertz CT molecular complexity index is 302. The third-order valence-electron chi connectivity index (χ3n) is 3.61. The van der Waals surface area contributed by atoms with Crippen molar-refractivity contribution >= 4 is 23.1 Å². The molecule has 0 unspecified atom stereocenters. The number of rotatable bonds is 11. The topological polar surface area (TPSA) is 55.6 Å². The molecule has 5 heteroatoms.